The first-order valence-corrected chi connectivity index (χ1v) is 5.09. The van der Waals surface area contributed by atoms with E-state index in [9.17, 15) is 5.11 Å². The summed E-state index contributed by atoms with van der Waals surface area (Å²) in [6.07, 6.45) is 0.480. The fourth-order valence-electron chi connectivity index (χ4n) is 2.18. The molecule has 5 atom stereocenters. The van der Waals surface area contributed by atoms with Crippen LogP contribution in [0.5, 0.6) is 0 Å². The Balaban J connectivity index is 1.83. The number of ether oxygens (including phenoxy) is 2. The third-order valence-corrected chi connectivity index (χ3v) is 3.00. The second-order valence-electron chi connectivity index (χ2n) is 3.98. The predicted molar refractivity (Wildman–Crippen MR) is 53.0 cm³/mol. The minimum absolute atomic E-state index is 0.231. The number of aliphatic imine (C=N–C) groups is 1. The number of nitrogens with zero attached hydrogens (tertiary/aromatic N) is 2. The van der Waals surface area contributed by atoms with Gasteiger partial charge in [-0.1, -0.05) is 0 Å². The van der Waals surface area contributed by atoms with E-state index in [0.29, 0.717) is 5.84 Å². The molecule has 16 heavy (non-hydrogen) atoms. The number of nitrogens with two attached hydrogens (primary N) is 1. The molecule has 2 fully saturated rings. The Morgan fingerprint density at radius 1 is 1.50 bits per heavy atom. The lowest BCUT2D eigenvalue weighted by Gasteiger charge is -2.26. The van der Waals surface area contributed by atoms with Gasteiger partial charge in [-0.2, -0.15) is 0 Å². The fraction of sp³-hybridized carbons (Fsp3) is 0.667. The second kappa shape index (κ2) is 3.42. The molecule has 4 N–H and O–H groups in total. The van der Waals surface area contributed by atoms with Crippen molar-refractivity contribution >= 4 is 5.84 Å². The molecule has 88 valence electrons. The average Bonchev–Trinajstić information content (AvgIpc) is 2.75. The number of hydrogen-bond acceptors (Lipinski definition) is 7. The zero-order chi connectivity index (χ0) is 11.3. The first-order valence-electron chi connectivity index (χ1n) is 5.09. The average molecular weight is 227 g/mol. The van der Waals surface area contributed by atoms with Crippen molar-refractivity contribution in [1.82, 2.24) is 4.90 Å². The van der Waals surface area contributed by atoms with Crippen LogP contribution in [0.25, 0.3) is 0 Å². The van der Waals surface area contributed by atoms with E-state index in [4.69, 9.17) is 20.3 Å². The lowest BCUT2D eigenvalue weighted by Crippen LogP contribution is -2.37. The molecule has 3 rings (SSSR count). The van der Waals surface area contributed by atoms with E-state index in [1.165, 1.54) is 0 Å². The van der Waals surface area contributed by atoms with E-state index in [0.717, 1.165) is 0 Å². The minimum atomic E-state index is -0.842. The summed E-state index contributed by atoms with van der Waals surface area (Å²) in [5.74, 6) is 0.384. The Morgan fingerprint density at radius 2 is 2.31 bits per heavy atom. The standard InChI is InChI=1S/C9H13N3O4/c10-5-1-2-12-8-7(16-9(12)11-5)6(14)4(3-13)15-8/h1-2,4,6-9,13-14H,3H2,(H2,10,11)/t4-,6+,7-,8-,9-/m0/s1. The SMILES string of the molecule is NC1=N[C@@H]2O[C@H]3[C@H](O)[C@H](CO)O[C@@H]3N2C=C1. The fourth-order valence-corrected chi connectivity index (χ4v) is 2.18. The van der Waals surface area contributed by atoms with Gasteiger partial charge in [-0.25, -0.2) is 4.99 Å². The van der Waals surface area contributed by atoms with Gasteiger partial charge in [0, 0.05) is 6.20 Å². The van der Waals surface area contributed by atoms with Gasteiger partial charge in [-0.05, 0) is 6.08 Å². The molecule has 0 aromatic carbocycles. The molecule has 7 heteroatoms. The molecule has 2 saturated heterocycles. The number of hydrogen-bond donors (Lipinski definition) is 3. The van der Waals surface area contributed by atoms with E-state index in [-0.39, 0.29) is 6.61 Å². The summed E-state index contributed by atoms with van der Waals surface area (Å²) in [6, 6.07) is 0. The molecule has 0 saturated carbocycles. The van der Waals surface area contributed by atoms with Gasteiger partial charge in [-0.3, -0.25) is 0 Å². The minimum Gasteiger partial charge on any atom is -0.394 e. The molecule has 3 aliphatic heterocycles. The number of fused-ring (bicyclic) bond motifs is 3. The Kier molecular flexibility index (Phi) is 2.15. The van der Waals surface area contributed by atoms with Crippen LogP contribution in [0.4, 0.5) is 0 Å². The summed E-state index contributed by atoms with van der Waals surface area (Å²) < 4.78 is 11.0. The molecule has 0 amide bonds. The Labute approximate surface area is 91.8 Å². The Hall–Kier alpha value is -1.15. The quantitative estimate of drug-likeness (QED) is 0.476. The van der Waals surface area contributed by atoms with Crippen molar-refractivity contribution in [2.24, 2.45) is 10.7 Å². The van der Waals surface area contributed by atoms with Gasteiger partial charge in [0.25, 0.3) is 0 Å². The first-order chi connectivity index (χ1) is 7.70. The summed E-state index contributed by atoms with van der Waals surface area (Å²) in [5.41, 5.74) is 5.54. The third kappa shape index (κ3) is 1.26. The van der Waals surface area contributed by atoms with Crippen LogP contribution in [0, 0.1) is 0 Å². The number of amidine groups is 1. The molecule has 0 bridgehead atoms. The van der Waals surface area contributed by atoms with Gasteiger partial charge in [0.1, 0.15) is 24.1 Å². The van der Waals surface area contributed by atoms with E-state index < -0.39 is 30.9 Å². The van der Waals surface area contributed by atoms with E-state index >= 15 is 0 Å². The van der Waals surface area contributed by atoms with Gasteiger partial charge >= 0.3 is 0 Å². The highest BCUT2D eigenvalue weighted by Crippen LogP contribution is 2.36. The maximum absolute atomic E-state index is 9.83. The first kappa shape index (κ1) is 10.0. The van der Waals surface area contributed by atoms with Gasteiger partial charge in [-0.15, -0.1) is 0 Å². The molecule has 3 aliphatic rings. The number of rotatable bonds is 1. The van der Waals surface area contributed by atoms with Crippen molar-refractivity contribution in [3.05, 3.63) is 12.3 Å². The van der Waals surface area contributed by atoms with Crippen LogP contribution in [0.1, 0.15) is 0 Å². The molecular formula is C9H13N3O4. The smallest absolute Gasteiger partial charge is 0.232 e. The molecule has 0 radical (unpaired) electrons. The van der Waals surface area contributed by atoms with Crippen LogP contribution >= 0.6 is 0 Å². The van der Waals surface area contributed by atoms with Crippen LogP contribution in [0.15, 0.2) is 17.3 Å². The lowest BCUT2D eigenvalue weighted by atomic mass is 10.1. The maximum atomic E-state index is 9.83. The monoisotopic (exact) mass is 227 g/mol. The van der Waals surface area contributed by atoms with Crippen LogP contribution < -0.4 is 5.73 Å². The molecular weight excluding hydrogens is 214 g/mol. The summed E-state index contributed by atoms with van der Waals surface area (Å²) in [5, 5.41) is 18.8. The topological polar surface area (TPSA) is 101 Å². The van der Waals surface area contributed by atoms with Gasteiger partial charge < -0.3 is 30.3 Å². The normalized spacial score (nSPS) is 45.5. The molecule has 0 spiro atoms. The number of aliphatic hydroxyl groups is 2. The molecule has 0 aliphatic carbocycles. The summed E-state index contributed by atoms with van der Waals surface area (Å²) in [6.45, 7) is -0.231. The van der Waals surface area contributed by atoms with E-state index in [2.05, 4.69) is 4.99 Å². The largest absolute Gasteiger partial charge is 0.394 e. The Morgan fingerprint density at radius 3 is 3.06 bits per heavy atom. The van der Waals surface area contributed by atoms with Crippen LogP contribution in [0.2, 0.25) is 0 Å². The molecule has 7 nitrogen and oxygen atoms in total. The zero-order valence-electron chi connectivity index (χ0n) is 8.43. The van der Waals surface area contributed by atoms with Crippen molar-refractivity contribution < 1.29 is 19.7 Å². The van der Waals surface area contributed by atoms with Crippen LogP contribution in [-0.4, -0.2) is 58.4 Å². The summed E-state index contributed by atoms with van der Waals surface area (Å²) in [7, 11) is 0. The number of aliphatic hydroxyl groups excluding tert-OH is 2. The van der Waals surface area contributed by atoms with Gasteiger partial charge in [0.15, 0.2) is 6.23 Å². The van der Waals surface area contributed by atoms with Gasteiger partial charge in [0.2, 0.25) is 6.35 Å². The molecule has 0 unspecified atom stereocenters. The van der Waals surface area contributed by atoms with Gasteiger partial charge in [0.05, 0.1) is 6.61 Å². The molecule has 3 heterocycles. The summed E-state index contributed by atoms with van der Waals surface area (Å²) >= 11 is 0. The van der Waals surface area contributed by atoms with Crippen molar-refractivity contribution in [2.45, 2.75) is 30.9 Å². The van der Waals surface area contributed by atoms with Crippen LogP contribution in [0.3, 0.4) is 0 Å². The maximum Gasteiger partial charge on any atom is 0.232 e. The second-order valence-corrected chi connectivity index (χ2v) is 3.98. The highest BCUT2D eigenvalue weighted by atomic mass is 16.6. The third-order valence-electron chi connectivity index (χ3n) is 3.00. The molecule has 0 aromatic heterocycles. The summed E-state index contributed by atoms with van der Waals surface area (Å²) in [4.78, 5) is 5.81. The molecule has 0 aromatic rings. The van der Waals surface area contributed by atoms with Crippen molar-refractivity contribution in [1.29, 1.82) is 0 Å². The Bertz CT molecular complexity index is 359. The van der Waals surface area contributed by atoms with Crippen molar-refractivity contribution in [3.8, 4) is 0 Å². The highest BCUT2D eigenvalue weighted by Gasteiger charge is 2.54. The zero-order valence-corrected chi connectivity index (χ0v) is 8.43. The van der Waals surface area contributed by atoms with E-state index in [1.54, 1.807) is 17.2 Å². The van der Waals surface area contributed by atoms with Crippen LogP contribution in [-0.2, 0) is 9.47 Å². The van der Waals surface area contributed by atoms with Crippen molar-refractivity contribution in [3.63, 3.8) is 0 Å². The van der Waals surface area contributed by atoms with E-state index in [1.807, 2.05) is 0 Å². The highest BCUT2D eigenvalue weighted by molar-refractivity contribution is 5.91. The predicted octanol–water partition coefficient (Wildman–Crippen LogP) is -2.07. The van der Waals surface area contributed by atoms with Crippen molar-refractivity contribution in [2.75, 3.05) is 6.61 Å². The lowest BCUT2D eigenvalue weighted by molar-refractivity contribution is -0.0910.